The van der Waals surface area contributed by atoms with Gasteiger partial charge in [-0.1, -0.05) is 35.5 Å². The minimum Gasteiger partial charge on any atom is -0.471 e. The number of benzene rings is 1. The van der Waals surface area contributed by atoms with Gasteiger partial charge in [-0.2, -0.15) is 13.2 Å². The molecule has 3 aromatic rings. The summed E-state index contributed by atoms with van der Waals surface area (Å²) in [5.74, 6) is -0.369. The highest BCUT2D eigenvalue weighted by Crippen LogP contribution is 2.24. The zero-order valence-corrected chi connectivity index (χ0v) is 15.0. The van der Waals surface area contributed by atoms with Crippen LogP contribution in [0.3, 0.4) is 0 Å². The first-order valence-electron chi connectivity index (χ1n) is 8.46. The van der Waals surface area contributed by atoms with Gasteiger partial charge >= 0.3 is 6.18 Å². The third kappa shape index (κ3) is 4.93. The molecule has 28 heavy (non-hydrogen) atoms. The molecule has 0 bridgehead atoms. The number of ketones is 1. The Labute approximate surface area is 159 Å². The number of carbonyl (C=O) groups is 1. The van der Waals surface area contributed by atoms with Crippen molar-refractivity contribution in [3.63, 3.8) is 0 Å². The molecule has 0 aliphatic heterocycles. The highest BCUT2D eigenvalue weighted by molar-refractivity contribution is 5.95. The summed E-state index contributed by atoms with van der Waals surface area (Å²) in [7, 11) is 1.74. The van der Waals surface area contributed by atoms with E-state index in [0.717, 1.165) is 11.3 Å². The normalized spacial score (nSPS) is 11.4. The molecule has 0 aliphatic rings. The lowest BCUT2D eigenvalue weighted by molar-refractivity contribution is -0.133. The number of ether oxygens (including phenoxy) is 1. The van der Waals surface area contributed by atoms with Gasteiger partial charge in [-0.15, -0.1) is 5.10 Å². The predicted octanol–water partition coefficient (Wildman–Crippen LogP) is 3.98. The Kier molecular flexibility index (Phi) is 5.72. The smallest absolute Gasteiger partial charge is 0.389 e. The SMILES string of the molecule is Cn1nnc(-c2ccccc2)c1COc1ccc(C(=O)CCC(F)(F)F)cn1. The van der Waals surface area contributed by atoms with Crippen LogP contribution >= 0.6 is 0 Å². The van der Waals surface area contributed by atoms with Crippen LogP contribution in [0.2, 0.25) is 0 Å². The number of carbonyl (C=O) groups excluding carboxylic acids is 1. The van der Waals surface area contributed by atoms with E-state index in [4.69, 9.17) is 4.74 Å². The molecule has 9 heteroatoms. The summed E-state index contributed by atoms with van der Waals surface area (Å²) in [6.45, 7) is 0.141. The quantitative estimate of drug-likeness (QED) is 0.571. The van der Waals surface area contributed by atoms with Gasteiger partial charge < -0.3 is 4.74 Å². The van der Waals surface area contributed by atoms with Crippen molar-refractivity contribution < 1.29 is 22.7 Å². The molecule has 2 aromatic heterocycles. The van der Waals surface area contributed by atoms with Crippen molar-refractivity contribution in [1.82, 2.24) is 20.0 Å². The molecule has 0 saturated heterocycles. The van der Waals surface area contributed by atoms with Gasteiger partial charge in [0.25, 0.3) is 0 Å². The molecule has 0 unspecified atom stereocenters. The van der Waals surface area contributed by atoms with Gasteiger partial charge in [0.2, 0.25) is 5.88 Å². The summed E-state index contributed by atoms with van der Waals surface area (Å²) in [5.41, 5.74) is 2.43. The van der Waals surface area contributed by atoms with E-state index in [1.807, 2.05) is 30.3 Å². The van der Waals surface area contributed by atoms with Gasteiger partial charge in [0.1, 0.15) is 18.0 Å². The Hall–Kier alpha value is -3.23. The van der Waals surface area contributed by atoms with E-state index in [-0.39, 0.29) is 18.1 Å². The Morgan fingerprint density at radius 1 is 1.14 bits per heavy atom. The van der Waals surface area contributed by atoms with Crippen LogP contribution in [0.1, 0.15) is 28.9 Å². The molecule has 0 amide bonds. The number of aryl methyl sites for hydroxylation is 1. The van der Waals surface area contributed by atoms with Crippen LogP contribution in [-0.4, -0.2) is 31.9 Å². The van der Waals surface area contributed by atoms with E-state index in [1.54, 1.807) is 11.7 Å². The monoisotopic (exact) mass is 390 g/mol. The Bertz CT molecular complexity index is 938. The summed E-state index contributed by atoms with van der Waals surface area (Å²) >= 11 is 0. The maximum absolute atomic E-state index is 12.2. The van der Waals surface area contributed by atoms with Gasteiger partial charge in [0.15, 0.2) is 5.78 Å². The summed E-state index contributed by atoms with van der Waals surface area (Å²) < 4.78 is 43.9. The van der Waals surface area contributed by atoms with Gasteiger partial charge in [0.05, 0.1) is 6.42 Å². The maximum atomic E-state index is 12.2. The van der Waals surface area contributed by atoms with E-state index in [1.165, 1.54) is 18.3 Å². The van der Waals surface area contributed by atoms with E-state index in [0.29, 0.717) is 5.69 Å². The van der Waals surface area contributed by atoms with Crippen LogP contribution < -0.4 is 4.74 Å². The second kappa shape index (κ2) is 8.20. The standard InChI is InChI=1S/C19H17F3N4O2/c1-26-15(18(24-25-26)13-5-3-2-4-6-13)12-28-17-8-7-14(11-23-17)16(27)9-10-19(20,21)22/h2-8,11H,9-10,12H2,1H3. The average molecular weight is 390 g/mol. The lowest BCUT2D eigenvalue weighted by Gasteiger charge is -2.08. The van der Waals surface area contributed by atoms with Crippen molar-refractivity contribution in [2.45, 2.75) is 25.6 Å². The molecule has 0 aliphatic carbocycles. The summed E-state index contributed by atoms with van der Waals surface area (Å²) in [6, 6.07) is 12.4. The Morgan fingerprint density at radius 3 is 2.54 bits per heavy atom. The molecule has 0 fully saturated rings. The Balaban J connectivity index is 1.65. The molecule has 6 nitrogen and oxygen atoms in total. The van der Waals surface area contributed by atoms with E-state index in [2.05, 4.69) is 15.3 Å². The van der Waals surface area contributed by atoms with Crippen LogP contribution in [0, 0.1) is 0 Å². The van der Waals surface area contributed by atoms with Crippen LogP contribution in [-0.2, 0) is 13.7 Å². The molecule has 3 rings (SSSR count). The molecular formula is C19H17F3N4O2. The minimum atomic E-state index is -4.36. The third-order valence-electron chi connectivity index (χ3n) is 4.04. The largest absolute Gasteiger partial charge is 0.471 e. The number of pyridine rings is 1. The average Bonchev–Trinajstić information content (AvgIpc) is 3.05. The third-order valence-corrected chi connectivity index (χ3v) is 4.04. The number of rotatable bonds is 7. The molecule has 0 spiro atoms. The highest BCUT2D eigenvalue weighted by Gasteiger charge is 2.28. The Morgan fingerprint density at radius 2 is 1.89 bits per heavy atom. The van der Waals surface area contributed by atoms with Crippen LogP contribution in [0.5, 0.6) is 5.88 Å². The molecule has 0 radical (unpaired) electrons. The predicted molar refractivity (Wildman–Crippen MR) is 94.6 cm³/mol. The molecule has 0 saturated carbocycles. The lowest BCUT2D eigenvalue weighted by atomic mass is 10.1. The summed E-state index contributed by atoms with van der Waals surface area (Å²) in [4.78, 5) is 15.8. The second-order valence-corrected chi connectivity index (χ2v) is 6.09. The number of nitrogens with zero attached hydrogens (tertiary/aromatic N) is 4. The van der Waals surface area contributed by atoms with Crippen molar-refractivity contribution in [1.29, 1.82) is 0 Å². The van der Waals surface area contributed by atoms with E-state index < -0.39 is 24.8 Å². The van der Waals surface area contributed by atoms with Crippen molar-refractivity contribution in [2.24, 2.45) is 7.05 Å². The minimum absolute atomic E-state index is 0.115. The van der Waals surface area contributed by atoms with Gasteiger partial charge in [0, 0.05) is 36.9 Å². The zero-order valence-electron chi connectivity index (χ0n) is 15.0. The van der Waals surface area contributed by atoms with Crippen LogP contribution in [0.15, 0.2) is 48.7 Å². The lowest BCUT2D eigenvalue weighted by Crippen LogP contribution is -2.11. The number of alkyl halides is 3. The zero-order chi connectivity index (χ0) is 20.1. The number of hydrogen-bond donors (Lipinski definition) is 0. The van der Waals surface area contributed by atoms with Crippen molar-refractivity contribution in [3.8, 4) is 17.1 Å². The van der Waals surface area contributed by atoms with Crippen molar-refractivity contribution in [3.05, 3.63) is 59.9 Å². The van der Waals surface area contributed by atoms with E-state index in [9.17, 15) is 18.0 Å². The summed E-state index contributed by atoms with van der Waals surface area (Å²) in [5, 5.41) is 8.16. The second-order valence-electron chi connectivity index (χ2n) is 6.09. The van der Waals surface area contributed by atoms with Gasteiger partial charge in [-0.05, 0) is 6.07 Å². The van der Waals surface area contributed by atoms with Gasteiger partial charge in [-0.3, -0.25) is 4.79 Å². The fourth-order valence-corrected chi connectivity index (χ4v) is 2.53. The van der Waals surface area contributed by atoms with Gasteiger partial charge in [-0.25, -0.2) is 9.67 Å². The number of aromatic nitrogens is 4. The highest BCUT2D eigenvalue weighted by atomic mass is 19.4. The van der Waals surface area contributed by atoms with Crippen molar-refractivity contribution >= 4 is 5.78 Å². The first-order valence-corrected chi connectivity index (χ1v) is 8.46. The first-order chi connectivity index (χ1) is 13.3. The topological polar surface area (TPSA) is 69.9 Å². The fraction of sp³-hybridized carbons (Fsp3) is 0.263. The molecule has 2 heterocycles. The fourth-order valence-electron chi connectivity index (χ4n) is 2.53. The molecular weight excluding hydrogens is 373 g/mol. The first kappa shape index (κ1) is 19.5. The van der Waals surface area contributed by atoms with Crippen LogP contribution in [0.4, 0.5) is 13.2 Å². The molecule has 1 aromatic carbocycles. The van der Waals surface area contributed by atoms with Crippen LogP contribution in [0.25, 0.3) is 11.3 Å². The number of Topliss-reactive ketones (excluding diaryl/α,β-unsaturated/α-hetero) is 1. The number of hydrogen-bond acceptors (Lipinski definition) is 5. The van der Waals surface area contributed by atoms with E-state index >= 15 is 0 Å². The molecule has 0 atom stereocenters. The van der Waals surface area contributed by atoms with Crippen molar-refractivity contribution in [2.75, 3.05) is 0 Å². The molecule has 146 valence electrons. The maximum Gasteiger partial charge on any atom is 0.389 e. The number of halogens is 3. The summed E-state index contributed by atoms with van der Waals surface area (Å²) in [6.07, 6.45) is -4.90. The molecule has 0 N–H and O–H groups in total.